The van der Waals surface area contributed by atoms with Crippen molar-refractivity contribution < 1.29 is 49.9 Å². The molecule has 3 aliphatic rings. The zero-order valence-corrected chi connectivity index (χ0v) is 19.6. The third-order valence-electron chi connectivity index (χ3n) is 6.90. The maximum atomic E-state index is 13.9. The number of nitrogens with zero attached hydrogens (tertiary/aromatic N) is 3. The predicted octanol–water partition coefficient (Wildman–Crippen LogP) is 2.82. The summed E-state index contributed by atoms with van der Waals surface area (Å²) in [6.45, 7) is 2.37. The van der Waals surface area contributed by atoms with Gasteiger partial charge in [0.2, 0.25) is 17.7 Å². The fourth-order valence-electron chi connectivity index (χ4n) is 5.27. The Labute approximate surface area is 209 Å². The predicted molar refractivity (Wildman–Crippen MR) is 113 cm³/mol. The number of morpholine rings is 1. The number of carbonyl (C=O) groups is 3. The summed E-state index contributed by atoms with van der Waals surface area (Å²) in [7, 11) is 0. The van der Waals surface area contributed by atoms with Gasteiger partial charge in [-0.3, -0.25) is 20.2 Å². The van der Waals surface area contributed by atoms with Crippen LogP contribution in [-0.2, 0) is 26.9 Å². The third-order valence-corrected chi connectivity index (χ3v) is 6.90. The Balaban J connectivity index is 1.68. The number of hydrogen-bond acceptors (Lipinski definition) is 8. The molecular formula is C22H19F6N5O5. The minimum absolute atomic E-state index is 0.0194. The average Bonchev–Trinajstić information content (AvgIpc) is 3.31. The lowest BCUT2D eigenvalue weighted by molar-refractivity contribution is -0.250. The molecule has 16 heteroatoms. The van der Waals surface area contributed by atoms with Crippen LogP contribution in [0.5, 0.6) is 0 Å². The Morgan fingerprint density at radius 1 is 1.05 bits per heavy atom. The first-order chi connectivity index (χ1) is 17.6. The largest absolute Gasteiger partial charge is 0.470 e. The average molecular weight is 547 g/mol. The molecule has 0 bridgehead atoms. The number of aromatic nitrogens is 2. The van der Waals surface area contributed by atoms with E-state index in [9.17, 15) is 40.7 Å². The van der Waals surface area contributed by atoms with E-state index in [4.69, 9.17) is 9.15 Å². The van der Waals surface area contributed by atoms with Gasteiger partial charge in [0.1, 0.15) is 0 Å². The van der Waals surface area contributed by atoms with E-state index in [0.29, 0.717) is 0 Å². The summed E-state index contributed by atoms with van der Waals surface area (Å²) in [5, 5.41) is 10.4. The number of ether oxygens (including phenoxy) is 1. The highest BCUT2D eigenvalue weighted by Crippen LogP contribution is 2.50. The van der Waals surface area contributed by atoms with E-state index in [0.717, 1.165) is 0 Å². The van der Waals surface area contributed by atoms with Gasteiger partial charge in [-0.1, -0.05) is 13.8 Å². The van der Waals surface area contributed by atoms with Crippen LogP contribution in [0, 0.1) is 11.3 Å². The standard InChI is InChI=1S/C22H19F6N5O5/c1-8(2)13-14-20(16(34)29-19(36)30-17(20)35)6-10-5-9(15-31-32-18(38-15)22(26,27)28)3-4-11(10)33(14)7-12(37-13)21(23,24)25/h3-5,8,12-14H,6-7H2,1-2H3,(H2,29,30,34,35,36)/t12-,13?,14+/m0/s1. The quantitative estimate of drug-likeness (QED) is 0.434. The van der Waals surface area contributed by atoms with Crippen LogP contribution in [0.1, 0.15) is 25.3 Å². The van der Waals surface area contributed by atoms with Crippen molar-refractivity contribution in [1.29, 1.82) is 0 Å². The molecule has 5 rings (SSSR count). The fraction of sp³-hybridized carbons (Fsp3) is 0.500. The lowest BCUT2D eigenvalue weighted by Gasteiger charge is -2.57. The number of fused-ring (bicyclic) bond motifs is 4. The first kappa shape index (κ1) is 25.9. The van der Waals surface area contributed by atoms with Crippen molar-refractivity contribution >= 4 is 23.5 Å². The van der Waals surface area contributed by atoms with Crippen LogP contribution < -0.4 is 15.5 Å². The molecule has 0 radical (unpaired) electrons. The van der Waals surface area contributed by atoms with E-state index in [-0.39, 0.29) is 16.8 Å². The van der Waals surface area contributed by atoms with Gasteiger partial charge in [-0.2, -0.15) is 26.3 Å². The zero-order valence-electron chi connectivity index (χ0n) is 19.6. The summed E-state index contributed by atoms with van der Waals surface area (Å²) < 4.78 is 90.5. The van der Waals surface area contributed by atoms with Crippen molar-refractivity contribution in [1.82, 2.24) is 20.8 Å². The van der Waals surface area contributed by atoms with E-state index in [1.807, 2.05) is 10.6 Å². The van der Waals surface area contributed by atoms with E-state index in [2.05, 4.69) is 10.2 Å². The van der Waals surface area contributed by atoms with Crippen LogP contribution in [-0.4, -0.2) is 59.0 Å². The van der Waals surface area contributed by atoms with E-state index in [1.54, 1.807) is 13.8 Å². The molecule has 1 spiro atoms. The minimum Gasteiger partial charge on any atom is -0.413 e. The van der Waals surface area contributed by atoms with Crippen molar-refractivity contribution in [3.05, 3.63) is 29.7 Å². The molecule has 4 amide bonds. The smallest absolute Gasteiger partial charge is 0.413 e. The number of anilines is 1. The second kappa shape index (κ2) is 8.41. The number of carbonyl (C=O) groups excluding carboxylic acids is 3. The van der Waals surface area contributed by atoms with Crippen molar-refractivity contribution in [2.45, 2.75) is 50.9 Å². The number of halogens is 6. The molecule has 2 saturated heterocycles. The molecule has 3 aliphatic heterocycles. The van der Waals surface area contributed by atoms with Crippen molar-refractivity contribution in [2.75, 3.05) is 11.4 Å². The van der Waals surface area contributed by atoms with Crippen LogP contribution in [0.3, 0.4) is 0 Å². The van der Waals surface area contributed by atoms with E-state index >= 15 is 0 Å². The van der Waals surface area contributed by atoms with Gasteiger partial charge in [-0.05, 0) is 36.1 Å². The fourth-order valence-corrected chi connectivity index (χ4v) is 5.27. The minimum atomic E-state index is -4.91. The number of amides is 4. The first-order valence-corrected chi connectivity index (χ1v) is 11.3. The number of urea groups is 1. The summed E-state index contributed by atoms with van der Waals surface area (Å²) in [5.74, 6) is -4.79. The number of barbiturate groups is 1. The summed E-state index contributed by atoms with van der Waals surface area (Å²) in [4.78, 5) is 39.7. The Morgan fingerprint density at radius 3 is 2.26 bits per heavy atom. The van der Waals surface area contributed by atoms with Crippen LogP contribution >= 0.6 is 0 Å². The van der Waals surface area contributed by atoms with Crippen molar-refractivity contribution in [2.24, 2.45) is 11.3 Å². The summed E-state index contributed by atoms with van der Waals surface area (Å²) in [6.07, 6.45) is -13.6. The highest BCUT2D eigenvalue weighted by Gasteiger charge is 2.65. The van der Waals surface area contributed by atoms with Crippen molar-refractivity contribution in [3.63, 3.8) is 0 Å². The molecule has 3 atom stereocenters. The molecule has 0 aliphatic carbocycles. The van der Waals surface area contributed by atoms with Gasteiger partial charge in [0.25, 0.3) is 0 Å². The number of alkyl halides is 6. The molecule has 204 valence electrons. The lowest BCUT2D eigenvalue weighted by atomic mass is 9.65. The van der Waals surface area contributed by atoms with Gasteiger partial charge in [-0.25, -0.2) is 4.79 Å². The Bertz CT molecular complexity index is 1300. The molecule has 1 aromatic heterocycles. The van der Waals surface area contributed by atoms with Gasteiger partial charge in [0.05, 0.1) is 18.7 Å². The number of benzene rings is 1. The molecule has 4 heterocycles. The Morgan fingerprint density at radius 2 is 1.71 bits per heavy atom. The van der Waals surface area contributed by atoms with Crippen LogP contribution in [0.4, 0.5) is 36.8 Å². The number of nitrogens with one attached hydrogen (secondary N) is 2. The van der Waals surface area contributed by atoms with Gasteiger partial charge in [-0.15, -0.1) is 10.2 Å². The summed E-state index contributed by atoms with van der Waals surface area (Å²) in [5.41, 5.74) is -1.76. The normalized spacial score (nSPS) is 25.2. The topological polar surface area (TPSA) is 127 Å². The molecule has 2 fully saturated rings. The molecule has 10 nitrogen and oxygen atoms in total. The Hall–Kier alpha value is -3.69. The van der Waals surface area contributed by atoms with Gasteiger partial charge in [0, 0.05) is 11.3 Å². The molecule has 2 N–H and O–H groups in total. The maximum Gasteiger partial charge on any atom is 0.470 e. The van der Waals surface area contributed by atoms with Gasteiger partial charge >= 0.3 is 24.3 Å². The maximum absolute atomic E-state index is 13.9. The Kier molecular flexibility index (Phi) is 5.74. The molecule has 1 unspecified atom stereocenters. The van der Waals surface area contributed by atoms with E-state index < -0.39 is 84.5 Å². The molecule has 1 aromatic carbocycles. The number of imide groups is 2. The van der Waals surface area contributed by atoms with Crippen LogP contribution in [0.2, 0.25) is 0 Å². The van der Waals surface area contributed by atoms with Crippen LogP contribution in [0.15, 0.2) is 22.6 Å². The second-order valence-corrected chi connectivity index (χ2v) is 9.61. The SMILES string of the molecule is CC(C)C1O[C@H](C(F)(F)F)CN2c3ccc(-c4nnc(C(F)(F)F)o4)cc3CC3(C(=O)NC(=O)NC3=O)[C@@H]12. The molecule has 38 heavy (non-hydrogen) atoms. The second-order valence-electron chi connectivity index (χ2n) is 9.61. The monoisotopic (exact) mass is 547 g/mol. The number of rotatable bonds is 2. The number of hydrogen-bond donors (Lipinski definition) is 2. The highest BCUT2D eigenvalue weighted by molar-refractivity contribution is 6.20. The zero-order chi connectivity index (χ0) is 27.8. The molecule has 0 saturated carbocycles. The summed E-state index contributed by atoms with van der Waals surface area (Å²) in [6, 6.07) is 1.57. The molecule has 2 aromatic rings. The van der Waals surface area contributed by atoms with Gasteiger partial charge in [0.15, 0.2) is 11.5 Å². The summed E-state index contributed by atoms with van der Waals surface area (Å²) >= 11 is 0. The van der Waals surface area contributed by atoms with Crippen LogP contribution in [0.25, 0.3) is 11.5 Å². The van der Waals surface area contributed by atoms with E-state index in [1.165, 1.54) is 23.1 Å². The van der Waals surface area contributed by atoms with Gasteiger partial charge < -0.3 is 14.1 Å². The highest BCUT2D eigenvalue weighted by atomic mass is 19.4. The lowest BCUT2D eigenvalue weighted by Crippen LogP contribution is -2.76. The first-order valence-electron chi connectivity index (χ1n) is 11.3. The van der Waals surface area contributed by atoms with Crippen molar-refractivity contribution in [3.8, 4) is 11.5 Å². The third kappa shape index (κ3) is 3.97. The molecular weight excluding hydrogens is 528 g/mol.